The summed E-state index contributed by atoms with van der Waals surface area (Å²) in [5.74, 6) is 0.0446. The third-order valence-corrected chi connectivity index (χ3v) is 2.67. The van der Waals surface area contributed by atoms with Gasteiger partial charge in [0.25, 0.3) is 0 Å². The third-order valence-electron chi connectivity index (χ3n) is 2.51. The minimum absolute atomic E-state index is 0.0213. The van der Waals surface area contributed by atoms with E-state index in [1.807, 2.05) is 13.8 Å². The number of hydrogen-bond acceptors (Lipinski definition) is 4. The monoisotopic (exact) mass is 296 g/mol. The summed E-state index contributed by atoms with van der Waals surface area (Å²) in [7, 11) is 0. The number of alkyl halides is 4. The van der Waals surface area contributed by atoms with Crippen molar-refractivity contribution in [2.45, 2.75) is 32.9 Å². The predicted octanol–water partition coefficient (Wildman–Crippen LogP) is 2.60. The van der Waals surface area contributed by atoms with E-state index in [2.05, 4.69) is 15.2 Å². The summed E-state index contributed by atoms with van der Waals surface area (Å²) in [4.78, 5) is 5.16. The predicted molar refractivity (Wildman–Crippen MR) is 67.6 cm³/mol. The Bertz CT molecular complexity index is 411. The van der Waals surface area contributed by atoms with Crippen molar-refractivity contribution < 1.29 is 13.2 Å². The Kier molecular flexibility index (Phi) is 5.78. The molecule has 0 bridgehead atoms. The molecular formula is C11H16ClF3N4. The topological polar surface area (TPSA) is 41.9 Å². The van der Waals surface area contributed by atoms with Crippen molar-refractivity contribution in [3.05, 3.63) is 11.4 Å². The maximum atomic E-state index is 12.5. The van der Waals surface area contributed by atoms with E-state index in [4.69, 9.17) is 11.6 Å². The highest BCUT2D eigenvalue weighted by atomic mass is 35.5. The van der Waals surface area contributed by atoms with Crippen LogP contribution in [0.25, 0.3) is 0 Å². The fraction of sp³-hybridized carbons (Fsp3) is 0.727. The number of rotatable bonds is 6. The van der Waals surface area contributed by atoms with Gasteiger partial charge in [0.1, 0.15) is 6.54 Å². The van der Waals surface area contributed by atoms with Crippen molar-refractivity contribution in [2.24, 2.45) is 0 Å². The van der Waals surface area contributed by atoms with Crippen LogP contribution in [-0.2, 0) is 12.8 Å². The van der Waals surface area contributed by atoms with Gasteiger partial charge in [0.15, 0.2) is 0 Å². The Morgan fingerprint density at radius 2 is 1.74 bits per heavy atom. The van der Waals surface area contributed by atoms with E-state index in [1.165, 1.54) is 0 Å². The van der Waals surface area contributed by atoms with E-state index in [-0.39, 0.29) is 18.4 Å². The van der Waals surface area contributed by atoms with Gasteiger partial charge in [-0.15, -0.1) is 16.7 Å². The fourth-order valence-electron chi connectivity index (χ4n) is 1.63. The van der Waals surface area contributed by atoms with E-state index in [9.17, 15) is 13.2 Å². The first-order valence-corrected chi connectivity index (χ1v) is 6.54. The zero-order valence-electron chi connectivity index (χ0n) is 10.8. The molecule has 1 heterocycles. The molecule has 0 aliphatic rings. The Labute approximate surface area is 115 Å². The molecule has 8 heteroatoms. The van der Waals surface area contributed by atoms with Gasteiger partial charge < -0.3 is 4.90 Å². The maximum Gasteiger partial charge on any atom is 0.406 e. The highest BCUT2D eigenvalue weighted by Crippen LogP contribution is 2.20. The second kappa shape index (κ2) is 6.88. The van der Waals surface area contributed by atoms with Crippen LogP contribution in [0.4, 0.5) is 19.1 Å². The van der Waals surface area contributed by atoms with Crippen LogP contribution in [0.15, 0.2) is 0 Å². The van der Waals surface area contributed by atoms with E-state index in [0.717, 1.165) is 4.90 Å². The van der Waals surface area contributed by atoms with Gasteiger partial charge >= 0.3 is 6.18 Å². The van der Waals surface area contributed by atoms with Gasteiger partial charge in [0.2, 0.25) is 5.95 Å². The fourth-order valence-corrected chi connectivity index (χ4v) is 1.83. The molecule has 0 fully saturated rings. The molecule has 0 aliphatic carbocycles. The molecule has 1 aromatic rings. The number of anilines is 1. The average molecular weight is 297 g/mol. The molecule has 0 saturated carbocycles. The standard InChI is InChI=1S/C11H16ClF3N4/c1-3-8-9(4-2)17-18-10(16-8)19(6-5-12)7-11(13,14)15/h3-7H2,1-2H3. The first kappa shape index (κ1) is 15.9. The van der Waals surface area contributed by atoms with Crippen molar-refractivity contribution in [1.82, 2.24) is 15.2 Å². The number of aromatic nitrogens is 3. The summed E-state index contributed by atoms with van der Waals surface area (Å²) in [5, 5.41) is 7.70. The van der Waals surface area contributed by atoms with E-state index < -0.39 is 12.7 Å². The molecule has 108 valence electrons. The lowest BCUT2D eigenvalue weighted by atomic mass is 10.2. The van der Waals surface area contributed by atoms with Crippen molar-refractivity contribution in [3.63, 3.8) is 0 Å². The quantitative estimate of drug-likeness (QED) is 0.757. The molecular weight excluding hydrogens is 281 g/mol. The first-order valence-electron chi connectivity index (χ1n) is 6.01. The SMILES string of the molecule is CCc1nnc(N(CCCl)CC(F)(F)F)nc1CC. The first-order chi connectivity index (χ1) is 8.91. The van der Waals surface area contributed by atoms with Gasteiger partial charge in [-0.3, -0.25) is 0 Å². The second-order valence-corrected chi connectivity index (χ2v) is 4.32. The summed E-state index contributed by atoms with van der Waals surface area (Å²) in [6.45, 7) is 2.67. The summed E-state index contributed by atoms with van der Waals surface area (Å²) < 4.78 is 37.4. The molecule has 0 amide bonds. The van der Waals surface area contributed by atoms with Crippen LogP contribution >= 0.6 is 11.6 Å². The third kappa shape index (κ3) is 4.81. The van der Waals surface area contributed by atoms with E-state index in [1.54, 1.807) is 0 Å². The van der Waals surface area contributed by atoms with Gasteiger partial charge in [0.05, 0.1) is 11.4 Å². The molecule has 0 unspecified atom stereocenters. The van der Waals surface area contributed by atoms with Gasteiger partial charge in [-0.25, -0.2) is 4.98 Å². The Morgan fingerprint density at radius 3 is 2.21 bits per heavy atom. The summed E-state index contributed by atoms with van der Waals surface area (Å²) in [6, 6.07) is 0. The molecule has 0 spiro atoms. The molecule has 0 aromatic carbocycles. The van der Waals surface area contributed by atoms with Crippen LogP contribution in [-0.4, -0.2) is 40.3 Å². The lowest BCUT2D eigenvalue weighted by molar-refractivity contribution is -0.119. The Morgan fingerprint density at radius 1 is 1.11 bits per heavy atom. The van der Waals surface area contributed by atoms with Crippen LogP contribution in [0.5, 0.6) is 0 Å². The molecule has 0 N–H and O–H groups in total. The van der Waals surface area contributed by atoms with Crippen molar-refractivity contribution in [1.29, 1.82) is 0 Å². The van der Waals surface area contributed by atoms with Crippen molar-refractivity contribution >= 4 is 17.5 Å². The molecule has 19 heavy (non-hydrogen) atoms. The zero-order chi connectivity index (χ0) is 14.5. The van der Waals surface area contributed by atoms with Gasteiger partial charge in [0, 0.05) is 12.4 Å². The number of nitrogens with zero attached hydrogens (tertiary/aromatic N) is 4. The molecule has 0 radical (unpaired) electrons. The minimum atomic E-state index is -4.33. The van der Waals surface area contributed by atoms with Crippen molar-refractivity contribution in [2.75, 3.05) is 23.9 Å². The van der Waals surface area contributed by atoms with Crippen molar-refractivity contribution in [3.8, 4) is 0 Å². The van der Waals surface area contributed by atoms with Gasteiger partial charge in [-0.1, -0.05) is 13.8 Å². The highest BCUT2D eigenvalue weighted by molar-refractivity contribution is 6.18. The van der Waals surface area contributed by atoms with Crippen LogP contribution < -0.4 is 4.90 Å². The van der Waals surface area contributed by atoms with Crippen LogP contribution in [0.2, 0.25) is 0 Å². The Balaban J connectivity index is 3.02. The average Bonchev–Trinajstić information content (AvgIpc) is 2.36. The molecule has 0 saturated heterocycles. The van der Waals surface area contributed by atoms with Crippen LogP contribution in [0, 0.1) is 0 Å². The maximum absolute atomic E-state index is 12.5. The number of aryl methyl sites for hydroxylation is 2. The summed E-state index contributed by atoms with van der Waals surface area (Å²) in [6.07, 6.45) is -3.07. The van der Waals surface area contributed by atoms with Gasteiger partial charge in [-0.2, -0.15) is 18.3 Å². The van der Waals surface area contributed by atoms with Gasteiger partial charge in [-0.05, 0) is 12.8 Å². The molecule has 0 aliphatic heterocycles. The Hall–Kier alpha value is -1.11. The number of halogens is 4. The summed E-state index contributed by atoms with van der Waals surface area (Å²) in [5.41, 5.74) is 1.39. The molecule has 1 aromatic heterocycles. The normalized spacial score (nSPS) is 11.7. The lowest BCUT2D eigenvalue weighted by Crippen LogP contribution is -2.37. The largest absolute Gasteiger partial charge is 0.406 e. The molecule has 1 rings (SSSR count). The van der Waals surface area contributed by atoms with E-state index >= 15 is 0 Å². The summed E-state index contributed by atoms with van der Waals surface area (Å²) >= 11 is 5.52. The zero-order valence-corrected chi connectivity index (χ0v) is 11.6. The minimum Gasteiger partial charge on any atom is -0.329 e. The van der Waals surface area contributed by atoms with Crippen LogP contribution in [0.3, 0.4) is 0 Å². The lowest BCUT2D eigenvalue weighted by Gasteiger charge is -2.23. The second-order valence-electron chi connectivity index (χ2n) is 3.94. The van der Waals surface area contributed by atoms with Crippen LogP contribution in [0.1, 0.15) is 25.2 Å². The number of hydrogen-bond donors (Lipinski definition) is 0. The molecule has 4 nitrogen and oxygen atoms in total. The smallest absolute Gasteiger partial charge is 0.329 e. The van der Waals surface area contributed by atoms with E-state index in [0.29, 0.717) is 24.2 Å². The molecule has 0 atom stereocenters. The highest BCUT2D eigenvalue weighted by Gasteiger charge is 2.32.